The lowest BCUT2D eigenvalue weighted by molar-refractivity contribution is -0.660. The summed E-state index contributed by atoms with van der Waals surface area (Å²) in [6, 6.07) is 14.1. The molecule has 0 spiro atoms. The van der Waals surface area contributed by atoms with E-state index in [1.807, 2.05) is 37.5 Å². The molecular weight excluding hydrogens is 320 g/mol. The van der Waals surface area contributed by atoms with Crippen molar-refractivity contribution in [2.75, 3.05) is 0 Å². The van der Waals surface area contributed by atoms with Gasteiger partial charge in [-0.25, -0.2) is 9.41 Å². The average molecular weight is 342 g/mol. The third-order valence-electron chi connectivity index (χ3n) is 4.95. The Morgan fingerprint density at radius 1 is 1.08 bits per heavy atom. The molecule has 0 radical (unpaired) electrons. The molecule has 2 aromatic heterocycles. The van der Waals surface area contributed by atoms with Crippen LogP contribution in [0.4, 0.5) is 5.69 Å². The molecule has 0 aliphatic rings. The van der Waals surface area contributed by atoms with Crippen LogP contribution in [0.2, 0.25) is 0 Å². The first-order chi connectivity index (χ1) is 12.8. The topological polar surface area (TPSA) is 21.4 Å². The molecule has 0 saturated carbocycles. The number of rotatable bonds is 2. The Hall–Kier alpha value is -3.12. The van der Waals surface area contributed by atoms with Gasteiger partial charge in [0.25, 0.3) is 0 Å². The summed E-state index contributed by atoms with van der Waals surface area (Å²) in [5.74, 6) is -0.863. The lowest BCUT2D eigenvalue weighted by Gasteiger charge is -2.07. The highest BCUT2D eigenvalue weighted by atomic mass is 16.3. The van der Waals surface area contributed by atoms with Gasteiger partial charge in [0.2, 0.25) is 11.4 Å². The standard InChI is InChI=1S/C23H21N2O/c1-14(2)16-11-12-18-17-10-9-15(3)20(19-8-6-7-13-25(19)5)22(17)26-23(18)21(16)24-4/h6-14H,1-3,5H3/q+1/i14D. The Morgan fingerprint density at radius 2 is 1.81 bits per heavy atom. The molecule has 128 valence electrons. The zero-order chi connectivity index (χ0) is 19.3. The molecule has 2 heterocycles. The van der Waals surface area contributed by atoms with E-state index in [1.165, 1.54) is 0 Å². The highest BCUT2D eigenvalue weighted by molar-refractivity contribution is 6.13. The number of fused-ring (bicyclic) bond motifs is 3. The van der Waals surface area contributed by atoms with Crippen molar-refractivity contribution < 1.29 is 10.4 Å². The summed E-state index contributed by atoms with van der Waals surface area (Å²) >= 11 is 0. The van der Waals surface area contributed by atoms with E-state index in [4.69, 9.17) is 12.4 Å². The predicted octanol–water partition coefficient (Wildman–Crippen LogP) is 6.06. The Labute approximate surface area is 154 Å². The van der Waals surface area contributed by atoms with E-state index >= 15 is 0 Å². The van der Waals surface area contributed by atoms with E-state index in [9.17, 15) is 0 Å². The second kappa shape index (κ2) is 6.00. The lowest BCUT2D eigenvalue weighted by atomic mass is 9.97. The fourth-order valence-corrected chi connectivity index (χ4v) is 3.60. The summed E-state index contributed by atoms with van der Waals surface area (Å²) < 4.78 is 16.8. The van der Waals surface area contributed by atoms with Crippen LogP contribution in [0.15, 0.2) is 53.1 Å². The third-order valence-corrected chi connectivity index (χ3v) is 4.95. The van der Waals surface area contributed by atoms with Gasteiger partial charge in [-0.3, -0.25) is 0 Å². The maximum Gasteiger partial charge on any atom is 0.232 e. The van der Waals surface area contributed by atoms with Gasteiger partial charge in [-0.1, -0.05) is 38.1 Å². The number of benzene rings is 2. The van der Waals surface area contributed by atoms with Gasteiger partial charge in [0, 0.05) is 24.3 Å². The Kier molecular flexibility index (Phi) is 3.50. The predicted molar refractivity (Wildman–Crippen MR) is 105 cm³/mol. The second-order valence-electron chi connectivity index (χ2n) is 6.88. The zero-order valence-electron chi connectivity index (χ0n) is 16.4. The van der Waals surface area contributed by atoms with Crippen molar-refractivity contribution in [1.82, 2.24) is 0 Å². The number of hydrogen-bond donors (Lipinski definition) is 0. The zero-order valence-corrected chi connectivity index (χ0v) is 15.4. The molecule has 3 nitrogen and oxygen atoms in total. The van der Waals surface area contributed by atoms with Gasteiger partial charge in [0.15, 0.2) is 6.20 Å². The quantitative estimate of drug-likeness (QED) is 0.320. The van der Waals surface area contributed by atoms with E-state index in [0.29, 0.717) is 16.8 Å². The molecule has 4 rings (SSSR count). The van der Waals surface area contributed by atoms with Crippen LogP contribution in [0, 0.1) is 13.5 Å². The monoisotopic (exact) mass is 342 g/mol. The maximum atomic E-state index is 8.38. The molecule has 0 N–H and O–H groups in total. The van der Waals surface area contributed by atoms with E-state index in [1.54, 1.807) is 13.8 Å². The summed E-state index contributed by atoms with van der Waals surface area (Å²) in [6.07, 6.45) is 2.02. The molecule has 0 aliphatic heterocycles. The Balaban J connectivity index is 2.16. The average Bonchev–Trinajstić information content (AvgIpc) is 2.99. The SMILES string of the molecule is [2H]C(C)(C)c1ccc2c(oc3c(-c4cccc[n+]4C)c(C)ccc32)c1[N+]#[C-]. The van der Waals surface area contributed by atoms with Crippen LogP contribution < -0.4 is 4.57 Å². The van der Waals surface area contributed by atoms with Crippen LogP contribution in [0.5, 0.6) is 0 Å². The first-order valence-electron chi connectivity index (χ1n) is 9.14. The maximum absolute atomic E-state index is 8.38. The molecule has 0 saturated heterocycles. The molecule has 0 amide bonds. The molecule has 0 bridgehead atoms. The molecule has 3 heteroatoms. The van der Waals surface area contributed by atoms with Gasteiger partial charge >= 0.3 is 0 Å². The van der Waals surface area contributed by atoms with Crippen molar-refractivity contribution in [2.45, 2.75) is 26.7 Å². The third kappa shape index (κ3) is 2.30. The largest absolute Gasteiger partial charge is 0.466 e. The Morgan fingerprint density at radius 3 is 2.50 bits per heavy atom. The second-order valence-corrected chi connectivity index (χ2v) is 6.88. The van der Waals surface area contributed by atoms with Crippen molar-refractivity contribution in [3.8, 4) is 11.3 Å². The van der Waals surface area contributed by atoms with Crippen LogP contribution in [0.1, 0.15) is 32.2 Å². The first kappa shape index (κ1) is 15.2. The minimum Gasteiger partial charge on any atom is -0.466 e. The van der Waals surface area contributed by atoms with Crippen LogP contribution in [0.3, 0.4) is 0 Å². The molecule has 2 aromatic carbocycles. The summed E-state index contributed by atoms with van der Waals surface area (Å²) in [4.78, 5) is 3.73. The number of hydrogen-bond acceptors (Lipinski definition) is 1. The first-order valence-corrected chi connectivity index (χ1v) is 8.64. The summed E-state index contributed by atoms with van der Waals surface area (Å²) in [5.41, 5.74) is 5.70. The van der Waals surface area contributed by atoms with E-state index in [-0.39, 0.29) is 0 Å². The minimum atomic E-state index is -0.863. The van der Waals surface area contributed by atoms with Crippen molar-refractivity contribution in [3.05, 3.63) is 71.2 Å². The normalized spacial score (nSPS) is 12.3. The molecule has 0 atom stereocenters. The van der Waals surface area contributed by atoms with Gasteiger partial charge in [-0.2, -0.15) is 0 Å². The smallest absolute Gasteiger partial charge is 0.232 e. The molecule has 0 aliphatic carbocycles. The van der Waals surface area contributed by atoms with Gasteiger partial charge in [-0.15, -0.1) is 0 Å². The van der Waals surface area contributed by atoms with Gasteiger partial charge in [0.1, 0.15) is 18.2 Å². The number of furan rings is 1. The number of aryl methyl sites for hydroxylation is 2. The molecule has 4 aromatic rings. The van der Waals surface area contributed by atoms with E-state index in [2.05, 4.69) is 34.5 Å². The molecule has 0 unspecified atom stereocenters. The highest BCUT2D eigenvalue weighted by Gasteiger charge is 2.22. The van der Waals surface area contributed by atoms with E-state index in [0.717, 1.165) is 33.2 Å². The number of pyridine rings is 1. The van der Waals surface area contributed by atoms with Crippen molar-refractivity contribution in [2.24, 2.45) is 7.05 Å². The van der Waals surface area contributed by atoms with Crippen LogP contribution in [0.25, 0.3) is 38.0 Å². The van der Waals surface area contributed by atoms with Crippen LogP contribution in [-0.4, -0.2) is 0 Å². The molecular formula is C23H21N2O+. The lowest BCUT2D eigenvalue weighted by Crippen LogP contribution is -2.30. The number of aromatic nitrogens is 1. The molecule has 26 heavy (non-hydrogen) atoms. The van der Waals surface area contributed by atoms with Gasteiger partial charge in [-0.05, 0) is 30.0 Å². The van der Waals surface area contributed by atoms with Crippen molar-refractivity contribution >= 4 is 27.6 Å². The molecule has 0 fully saturated rings. The summed E-state index contributed by atoms with van der Waals surface area (Å²) in [6.45, 7) is 13.4. The van der Waals surface area contributed by atoms with Crippen molar-refractivity contribution in [1.29, 1.82) is 0 Å². The van der Waals surface area contributed by atoms with Crippen LogP contribution in [-0.2, 0) is 7.05 Å². The number of nitrogens with zero attached hydrogens (tertiary/aromatic N) is 2. The highest BCUT2D eigenvalue weighted by Crippen LogP contribution is 2.42. The fraction of sp³-hybridized carbons (Fsp3) is 0.217. The van der Waals surface area contributed by atoms with Gasteiger partial charge in [0.05, 0.1) is 12.1 Å². The van der Waals surface area contributed by atoms with Crippen LogP contribution >= 0.6 is 0 Å². The van der Waals surface area contributed by atoms with Crippen molar-refractivity contribution in [3.63, 3.8) is 0 Å². The van der Waals surface area contributed by atoms with E-state index < -0.39 is 5.89 Å². The summed E-state index contributed by atoms with van der Waals surface area (Å²) in [5, 5.41) is 1.91. The Bertz CT molecular complexity index is 1240. The fourth-order valence-electron chi connectivity index (χ4n) is 3.60. The minimum absolute atomic E-state index is 0.435. The van der Waals surface area contributed by atoms with Gasteiger partial charge < -0.3 is 4.42 Å². The summed E-state index contributed by atoms with van der Waals surface area (Å²) in [7, 11) is 2.02.